The van der Waals surface area contributed by atoms with Crippen LogP contribution in [0.25, 0.3) is 100.0 Å². The molecule has 0 aliphatic rings. The Bertz CT molecular complexity index is 2950. The van der Waals surface area contributed by atoms with Gasteiger partial charge in [-0.3, -0.25) is 0 Å². The van der Waals surface area contributed by atoms with E-state index in [2.05, 4.69) is 182 Å². The van der Waals surface area contributed by atoms with Gasteiger partial charge in [0, 0.05) is 27.5 Å². The first kappa shape index (κ1) is 30.7. The highest BCUT2D eigenvalue weighted by atomic mass is 16.3. The third kappa shape index (κ3) is 5.75. The number of hydrogen-bond donors (Lipinski definition) is 0. The number of fused-ring (bicyclic) bond motifs is 4. The fraction of sp³-hybridized carbons (Fsp3) is 0. The van der Waals surface area contributed by atoms with Gasteiger partial charge < -0.3 is 4.42 Å². The van der Waals surface area contributed by atoms with E-state index in [1.165, 1.54) is 16.5 Å². The van der Waals surface area contributed by atoms with E-state index < -0.39 is 0 Å². The maximum atomic E-state index is 6.13. The van der Waals surface area contributed by atoms with E-state index in [9.17, 15) is 0 Å². The van der Waals surface area contributed by atoms with E-state index in [4.69, 9.17) is 14.4 Å². The Hall–Kier alpha value is -7.10. The van der Waals surface area contributed by atoms with Gasteiger partial charge in [0.15, 0.2) is 5.82 Å². The van der Waals surface area contributed by atoms with Crippen molar-refractivity contribution in [2.45, 2.75) is 0 Å². The lowest BCUT2D eigenvalue weighted by molar-refractivity contribution is 0.669. The molecule has 8 aromatic carbocycles. The molecule has 0 fully saturated rings. The summed E-state index contributed by atoms with van der Waals surface area (Å²) < 4.78 is 6.13. The average molecular weight is 677 g/mol. The number of benzene rings is 8. The maximum Gasteiger partial charge on any atom is 0.160 e. The highest BCUT2D eigenvalue weighted by Gasteiger charge is 2.16. The average Bonchev–Trinajstić information content (AvgIpc) is 3.62. The minimum atomic E-state index is 0.688. The van der Waals surface area contributed by atoms with Gasteiger partial charge in [0.1, 0.15) is 11.2 Å². The molecule has 2 aromatic heterocycles. The summed E-state index contributed by atoms with van der Waals surface area (Å²) in [6, 6.07) is 68.2. The van der Waals surface area contributed by atoms with Gasteiger partial charge >= 0.3 is 0 Å². The molecule has 0 atom stereocenters. The number of hydrogen-bond acceptors (Lipinski definition) is 3. The van der Waals surface area contributed by atoms with Crippen LogP contribution < -0.4 is 0 Å². The largest absolute Gasteiger partial charge is 0.456 e. The summed E-state index contributed by atoms with van der Waals surface area (Å²) in [6.45, 7) is 0. The molecule has 0 unspecified atom stereocenters. The summed E-state index contributed by atoms with van der Waals surface area (Å²) in [5.74, 6) is 0.688. The first-order chi connectivity index (χ1) is 26.2. The summed E-state index contributed by atoms with van der Waals surface area (Å²) in [6.07, 6.45) is 0. The molecular formula is C50H32N2O. The Morgan fingerprint density at radius 3 is 1.70 bits per heavy atom. The number of para-hydroxylation sites is 1. The first-order valence-corrected chi connectivity index (χ1v) is 17.9. The van der Waals surface area contributed by atoms with Crippen LogP contribution >= 0.6 is 0 Å². The first-order valence-electron chi connectivity index (χ1n) is 17.9. The van der Waals surface area contributed by atoms with Crippen molar-refractivity contribution in [1.29, 1.82) is 0 Å². The monoisotopic (exact) mass is 676 g/mol. The summed E-state index contributed by atoms with van der Waals surface area (Å²) >= 11 is 0. The van der Waals surface area contributed by atoms with Crippen molar-refractivity contribution in [3.8, 4) is 67.3 Å². The highest BCUT2D eigenvalue weighted by Crippen LogP contribution is 2.38. The number of rotatable bonds is 6. The predicted molar refractivity (Wildman–Crippen MR) is 219 cm³/mol. The zero-order valence-corrected chi connectivity index (χ0v) is 28.8. The Balaban J connectivity index is 1.14. The van der Waals surface area contributed by atoms with Gasteiger partial charge in [-0.25, -0.2) is 9.97 Å². The van der Waals surface area contributed by atoms with Gasteiger partial charge in [-0.05, 0) is 86.6 Å². The molecule has 0 saturated carbocycles. The second kappa shape index (κ2) is 12.9. The van der Waals surface area contributed by atoms with Crippen molar-refractivity contribution in [2.24, 2.45) is 0 Å². The van der Waals surface area contributed by atoms with Gasteiger partial charge in [0.05, 0.1) is 11.4 Å². The second-order valence-corrected chi connectivity index (χ2v) is 13.4. The van der Waals surface area contributed by atoms with Crippen LogP contribution in [-0.2, 0) is 0 Å². The molecule has 3 nitrogen and oxygen atoms in total. The molecular weight excluding hydrogens is 645 g/mol. The normalized spacial score (nSPS) is 11.4. The molecule has 0 amide bonds. The zero-order chi connectivity index (χ0) is 35.1. The van der Waals surface area contributed by atoms with E-state index in [-0.39, 0.29) is 0 Å². The van der Waals surface area contributed by atoms with Crippen molar-refractivity contribution in [2.75, 3.05) is 0 Å². The third-order valence-electron chi connectivity index (χ3n) is 10.1. The molecule has 0 saturated heterocycles. The van der Waals surface area contributed by atoms with Crippen LogP contribution in [0.3, 0.4) is 0 Å². The number of nitrogens with zero attached hydrogens (tertiary/aromatic N) is 2. The van der Waals surface area contributed by atoms with Crippen molar-refractivity contribution < 1.29 is 4.42 Å². The standard InChI is InChI=1S/C50H32N2O/c1-3-13-34(14-4-1)42-26-24-40(31-44(42)35-15-5-2-6-16-35)47-32-46(51-50(52-47)41-23-22-33-12-7-8-17-36(33)29-41)39-19-11-18-37(28-39)38-25-27-49-45(30-38)43-20-9-10-21-48(43)53-49/h1-32H. The van der Waals surface area contributed by atoms with Crippen molar-refractivity contribution in [3.63, 3.8) is 0 Å². The summed E-state index contributed by atoms with van der Waals surface area (Å²) in [4.78, 5) is 10.5. The number of aromatic nitrogens is 2. The molecule has 248 valence electrons. The van der Waals surface area contributed by atoms with Crippen LogP contribution in [0.4, 0.5) is 0 Å². The Kier molecular flexibility index (Phi) is 7.47. The minimum Gasteiger partial charge on any atom is -0.456 e. The van der Waals surface area contributed by atoms with Crippen LogP contribution in [-0.4, -0.2) is 9.97 Å². The zero-order valence-electron chi connectivity index (χ0n) is 28.8. The molecule has 10 aromatic rings. The Morgan fingerprint density at radius 1 is 0.302 bits per heavy atom. The molecule has 2 heterocycles. The third-order valence-corrected chi connectivity index (χ3v) is 10.1. The van der Waals surface area contributed by atoms with E-state index >= 15 is 0 Å². The lowest BCUT2D eigenvalue weighted by atomic mass is 9.92. The highest BCUT2D eigenvalue weighted by molar-refractivity contribution is 6.06. The quantitative estimate of drug-likeness (QED) is 0.176. The maximum absolute atomic E-state index is 6.13. The fourth-order valence-electron chi connectivity index (χ4n) is 7.39. The van der Waals surface area contributed by atoms with E-state index in [1.807, 2.05) is 12.1 Å². The Morgan fingerprint density at radius 2 is 0.887 bits per heavy atom. The molecule has 0 aliphatic heterocycles. The predicted octanol–water partition coefficient (Wildman–Crippen LogP) is 13.5. The van der Waals surface area contributed by atoms with Crippen LogP contribution in [0.5, 0.6) is 0 Å². The smallest absolute Gasteiger partial charge is 0.160 e. The molecule has 0 bridgehead atoms. The molecule has 53 heavy (non-hydrogen) atoms. The van der Waals surface area contributed by atoms with Crippen molar-refractivity contribution in [1.82, 2.24) is 9.97 Å². The fourth-order valence-corrected chi connectivity index (χ4v) is 7.39. The summed E-state index contributed by atoms with van der Waals surface area (Å²) in [7, 11) is 0. The van der Waals surface area contributed by atoms with Gasteiger partial charge in [0.25, 0.3) is 0 Å². The van der Waals surface area contributed by atoms with E-state index in [0.29, 0.717) is 5.82 Å². The molecule has 0 aliphatic carbocycles. The van der Waals surface area contributed by atoms with E-state index in [0.717, 1.165) is 77.7 Å². The molecule has 0 spiro atoms. The SMILES string of the molecule is c1ccc(-c2ccc(-c3cc(-c4cccc(-c5ccc6oc7ccccc7c6c5)c4)nc(-c4ccc5ccccc5c4)n3)cc2-c2ccccc2)cc1. The minimum absolute atomic E-state index is 0.688. The van der Waals surface area contributed by atoms with Crippen molar-refractivity contribution >= 4 is 32.7 Å². The lowest BCUT2D eigenvalue weighted by Crippen LogP contribution is -1.97. The van der Waals surface area contributed by atoms with Gasteiger partial charge in [-0.2, -0.15) is 0 Å². The van der Waals surface area contributed by atoms with Gasteiger partial charge in [-0.1, -0.05) is 152 Å². The lowest BCUT2D eigenvalue weighted by Gasteiger charge is -2.15. The molecule has 10 rings (SSSR count). The van der Waals surface area contributed by atoms with Crippen LogP contribution in [0.15, 0.2) is 199 Å². The van der Waals surface area contributed by atoms with Gasteiger partial charge in [-0.15, -0.1) is 0 Å². The summed E-state index contributed by atoms with van der Waals surface area (Å²) in [5.41, 5.74) is 13.5. The molecule has 0 N–H and O–H groups in total. The van der Waals surface area contributed by atoms with Crippen LogP contribution in [0.2, 0.25) is 0 Å². The number of furan rings is 1. The topological polar surface area (TPSA) is 38.9 Å². The van der Waals surface area contributed by atoms with Crippen LogP contribution in [0, 0.1) is 0 Å². The van der Waals surface area contributed by atoms with Crippen molar-refractivity contribution in [3.05, 3.63) is 194 Å². The second-order valence-electron chi connectivity index (χ2n) is 13.4. The summed E-state index contributed by atoms with van der Waals surface area (Å²) in [5, 5.41) is 4.57. The van der Waals surface area contributed by atoms with Gasteiger partial charge in [0.2, 0.25) is 0 Å². The molecule has 3 heteroatoms. The van der Waals surface area contributed by atoms with Crippen LogP contribution in [0.1, 0.15) is 0 Å². The Labute approximate surface area is 307 Å². The van der Waals surface area contributed by atoms with E-state index in [1.54, 1.807) is 0 Å². The molecule has 0 radical (unpaired) electrons.